The van der Waals surface area contributed by atoms with Crippen LogP contribution in [-0.4, -0.2) is 22.4 Å². The Morgan fingerprint density at radius 1 is 1.52 bits per heavy atom. The predicted octanol–water partition coefficient (Wildman–Crippen LogP) is 2.34. The molecule has 7 nitrogen and oxygen atoms in total. The SMILES string of the molecule is CCC1(C#N)CCN(c2ccnc(NCc3ccco3)n2)C1=O. The average Bonchev–Trinajstić information content (AvgIpc) is 3.21. The number of hydrogen-bond donors (Lipinski definition) is 1. The van der Waals surface area contributed by atoms with E-state index in [2.05, 4.69) is 21.4 Å². The van der Waals surface area contributed by atoms with Crippen molar-refractivity contribution in [3.8, 4) is 6.07 Å². The number of rotatable bonds is 5. The van der Waals surface area contributed by atoms with Gasteiger partial charge in [-0.05, 0) is 31.0 Å². The van der Waals surface area contributed by atoms with Crippen molar-refractivity contribution in [2.24, 2.45) is 5.41 Å². The fraction of sp³-hybridized carbons (Fsp3) is 0.375. The standard InChI is InChI=1S/C16H17N5O2/c1-2-16(11-17)6-8-21(14(16)22)13-5-7-18-15(20-13)19-10-12-4-3-9-23-12/h3-5,7,9H,2,6,8,10H2,1H3,(H,18,19,20). The van der Waals surface area contributed by atoms with Gasteiger partial charge in [0.25, 0.3) is 0 Å². The maximum Gasteiger partial charge on any atom is 0.248 e. The molecule has 2 aromatic heterocycles. The quantitative estimate of drug-likeness (QED) is 0.910. The van der Waals surface area contributed by atoms with Crippen LogP contribution >= 0.6 is 0 Å². The van der Waals surface area contributed by atoms with Gasteiger partial charge in [0.1, 0.15) is 17.0 Å². The molecule has 118 valence electrons. The van der Waals surface area contributed by atoms with Gasteiger partial charge in [0, 0.05) is 12.7 Å². The first kappa shape index (κ1) is 15.0. The van der Waals surface area contributed by atoms with E-state index in [9.17, 15) is 10.1 Å². The summed E-state index contributed by atoms with van der Waals surface area (Å²) in [5.41, 5.74) is -0.924. The van der Waals surface area contributed by atoms with Gasteiger partial charge in [-0.25, -0.2) is 4.98 Å². The Labute approximate surface area is 133 Å². The molecule has 23 heavy (non-hydrogen) atoms. The van der Waals surface area contributed by atoms with Crippen LogP contribution in [0.15, 0.2) is 35.1 Å². The van der Waals surface area contributed by atoms with Crippen molar-refractivity contribution < 1.29 is 9.21 Å². The number of aromatic nitrogens is 2. The summed E-state index contributed by atoms with van der Waals surface area (Å²) in [5.74, 6) is 1.51. The normalized spacial score (nSPS) is 20.5. The van der Waals surface area contributed by atoms with Crippen molar-refractivity contribution in [1.29, 1.82) is 5.26 Å². The van der Waals surface area contributed by atoms with Crippen LogP contribution < -0.4 is 10.2 Å². The van der Waals surface area contributed by atoms with Gasteiger partial charge in [0.2, 0.25) is 11.9 Å². The van der Waals surface area contributed by atoms with E-state index in [4.69, 9.17) is 4.42 Å². The highest BCUT2D eigenvalue weighted by Crippen LogP contribution is 2.36. The summed E-state index contributed by atoms with van der Waals surface area (Å²) < 4.78 is 5.24. The summed E-state index contributed by atoms with van der Waals surface area (Å²) in [6.07, 6.45) is 4.23. The average molecular weight is 311 g/mol. The van der Waals surface area contributed by atoms with Crippen LogP contribution in [0.5, 0.6) is 0 Å². The van der Waals surface area contributed by atoms with Crippen LogP contribution in [0.3, 0.4) is 0 Å². The van der Waals surface area contributed by atoms with E-state index in [1.807, 2.05) is 19.1 Å². The van der Waals surface area contributed by atoms with Crippen molar-refractivity contribution in [2.75, 3.05) is 16.8 Å². The second kappa shape index (κ2) is 6.08. The highest BCUT2D eigenvalue weighted by atomic mass is 16.3. The lowest BCUT2D eigenvalue weighted by Gasteiger charge is -2.19. The molecule has 3 rings (SSSR count). The largest absolute Gasteiger partial charge is 0.467 e. The van der Waals surface area contributed by atoms with E-state index in [0.29, 0.717) is 37.7 Å². The third-order valence-corrected chi connectivity index (χ3v) is 4.15. The number of nitriles is 1. The molecule has 0 radical (unpaired) electrons. The second-order valence-electron chi connectivity index (χ2n) is 5.43. The van der Waals surface area contributed by atoms with Crippen LogP contribution in [0.4, 0.5) is 11.8 Å². The lowest BCUT2D eigenvalue weighted by Crippen LogP contribution is -2.33. The van der Waals surface area contributed by atoms with Gasteiger partial charge in [0.15, 0.2) is 0 Å². The molecule has 0 saturated carbocycles. The fourth-order valence-electron chi connectivity index (χ4n) is 2.66. The van der Waals surface area contributed by atoms with Gasteiger partial charge in [-0.2, -0.15) is 10.2 Å². The van der Waals surface area contributed by atoms with E-state index in [1.54, 1.807) is 23.4 Å². The van der Waals surface area contributed by atoms with Crippen molar-refractivity contribution >= 4 is 17.7 Å². The number of hydrogen-bond acceptors (Lipinski definition) is 6. The topological polar surface area (TPSA) is 95.1 Å². The monoisotopic (exact) mass is 311 g/mol. The van der Waals surface area contributed by atoms with Crippen LogP contribution in [0, 0.1) is 16.7 Å². The molecule has 1 unspecified atom stereocenters. The van der Waals surface area contributed by atoms with E-state index in [1.165, 1.54) is 0 Å². The lowest BCUT2D eigenvalue weighted by atomic mass is 9.85. The Morgan fingerprint density at radius 3 is 3.04 bits per heavy atom. The molecule has 0 bridgehead atoms. The van der Waals surface area contributed by atoms with Gasteiger partial charge >= 0.3 is 0 Å². The Kier molecular flexibility index (Phi) is 3.98. The molecule has 1 aliphatic rings. The zero-order valence-electron chi connectivity index (χ0n) is 12.8. The zero-order valence-corrected chi connectivity index (χ0v) is 12.8. The van der Waals surface area contributed by atoms with E-state index < -0.39 is 5.41 Å². The van der Waals surface area contributed by atoms with Crippen molar-refractivity contribution in [1.82, 2.24) is 9.97 Å². The number of nitrogens with zero attached hydrogens (tertiary/aromatic N) is 4. The van der Waals surface area contributed by atoms with E-state index in [-0.39, 0.29) is 5.91 Å². The number of anilines is 2. The predicted molar refractivity (Wildman–Crippen MR) is 83.4 cm³/mol. The summed E-state index contributed by atoms with van der Waals surface area (Å²) in [5, 5.41) is 12.4. The molecular weight excluding hydrogens is 294 g/mol. The third kappa shape index (κ3) is 2.75. The molecule has 1 amide bonds. The highest BCUT2D eigenvalue weighted by Gasteiger charge is 2.46. The molecule has 1 N–H and O–H groups in total. The van der Waals surface area contributed by atoms with Gasteiger partial charge in [-0.3, -0.25) is 9.69 Å². The molecule has 7 heteroatoms. The Bertz CT molecular complexity index is 737. The first-order valence-electron chi connectivity index (χ1n) is 7.51. The molecule has 1 aliphatic heterocycles. The van der Waals surface area contributed by atoms with E-state index >= 15 is 0 Å². The smallest absolute Gasteiger partial charge is 0.248 e. The highest BCUT2D eigenvalue weighted by molar-refractivity contribution is 6.01. The Hall–Kier alpha value is -2.88. The van der Waals surface area contributed by atoms with Crippen LogP contribution in [0.1, 0.15) is 25.5 Å². The van der Waals surface area contributed by atoms with Gasteiger partial charge < -0.3 is 9.73 Å². The minimum absolute atomic E-state index is 0.182. The van der Waals surface area contributed by atoms with Crippen LogP contribution in [0.2, 0.25) is 0 Å². The third-order valence-electron chi connectivity index (χ3n) is 4.15. The molecule has 1 fully saturated rings. The number of amides is 1. The molecular formula is C16H17N5O2. The number of nitrogens with one attached hydrogen (secondary N) is 1. The summed E-state index contributed by atoms with van der Waals surface area (Å²) in [6, 6.07) is 7.51. The van der Waals surface area contributed by atoms with Gasteiger partial charge in [0.05, 0.1) is 18.9 Å². The minimum Gasteiger partial charge on any atom is -0.467 e. The molecule has 1 atom stereocenters. The second-order valence-corrected chi connectivity index (χ2v) is 5.43. The van der Waals surface area contributed by atoms with Crippen LogP contribution in [0.25, 0.3) is 0 Å². The Morgan fingerprint density at radius 2 is 2.39 bits per heavy atom. The number of carbonyl (C=O) groups excluding carboxylic acids is 1. The zero-order chi connectivity index (χ0) is 16.3. The lowest BCUT2D eigenvalue weighted by molar-refractivity contribution is -0.123. The summed E-state index contributed by atoms with van der Waals surface area (Å²) in [7, 11) is 0. The minimum atomic E-state index is -0.924. The van der Waals surface area contributed by atoms with Crippen LogP contribution in [-0.2, 0) is 11.3 Å². The maximum atomic E-state index is 12.6. The van der Waals surface area contributed by atoms with Crippen molar-refractivity contribution in [3.63, 3.8) is 0 Å². The van der Waals surface area contributed by atoms with E-state index in [0.717, 1.165) is 5.76 Å². The molecule has 2 aromatic rings. The molecule has 3 heterocycles. The first-order chi connectivity index (χ1) is 11.2. The molecule has 0 aliphatic carbocycles. The van der Waals surface area contributed by atoms with Crippen molar-refractivity contribution in [3.05, 3.63) is 36.4 Å². The first-order valence-corrected chi connectivity index (χ1v) is 7.51. The fourth-order valence-corrected chi connectivity index (χ4v) is 2.66. The summed E-state index contributed by atoms with van der Waals surface area (Å²) in [4.78, 5) is 22.6. The Balaban J connectivity index is 1.75. The molecule has 1 saturated heterocycles. The summed E-state index contributed by atoms with van der Waals surface area (Å²) in [6.45, 7) is 2.82. The number of furan rings is 1. The van der Waals surface area contributed by atoms with Gasteiger partial charge in [-0.15, -0.1) is 0 Å². The summed E-state index contributed by atoms with van der Waals surface area (Å²) >= 11 is 0. The van der Waals surface area contributed by atoms with Crippen molar-refractivity contribution in [2.45, 2.75) is 26.3 Å². The molecule has 0 aromatic carbocycles. The number of carbonyl (C=O) groups is 1. The molecule has 0 spiro atoms. The maximum absolute atomic E-state index is 12.6. The van der Waals surface area contributed by atoms with Gasteiger partial charge in [-0.1, -0.05) is 6.92 Å².